The van der Waals surface area contributed by atoms with Gasteiger partial charge in [0.2, 0.25) is 11.8 Å². The van der Waals surface area contributed by atoms with Crippen molar-refractivity contribution in [2.45, 2.75) is 24.4 Å². The first-order chi connectivity index (χ1) is 20.5. The van der Waals surface area contributed by atoms with Crippen LogP contribution in [0.1, 0.15) is 12.5 Å². The Morgan fingerprint density at radius 3 is 1.91 bits per heavy atom. The number of anilines is 1. The Bertz CT molecular complexity index is 1530. The lowest BCUT2D eigenvalue weighted by atomic mass is 10.1. The average Bonchev–Trinajstić information content (AvgIpc) is 3.04. The third-order valence-electron chi connectivity index (χ3n) is 6.80. The lowest BCUT2D eigenvalue weighted by Crippen LogP contribution is -2.50. The number of hydrogen-bond donors (Lipinski definition) is 1. The minimum atomic E-state index is -4.43. The van der Waals surface area contributed by atoms with Crippen molar-refractivity contribution < 1.29 is 41.7 Å². The molecule has 12 nitrogen and oxygen atoms in total. The van der Waals surface area contributed by atoms with E-state index in [1.165, 1.54) is 70.7 Å². The van der Waals surface area contributed by atoms with Crippen LogP contribution in [0.3, 0.4) is 0 Å². The summed E-state index contributed by atoms with van der Waals surface area (Å²) >= 11 is 0. The highest BCUT2D eigenvalue weighted by molar-refractivity contribution is 7.92. The van der Waals surface area contributed by atoms with Gasteiger partial charge in [-0.2, -0.15) is 0 Å². The highest BCUT2D eigenvalue weighted by Gasteiger charge is 2.34. The zero-order chi connectivity index (χ0) is 31.7. The third-order valence-corrected chi connectivity index (χ3v) is 8.56. The molecule has 3 aromatic rings. The van der Waals surface area contributed by atoms with Gasteiger partial charge in [0.1, 0.15) is 29.8 Å². The summed E-state index contributed by atoms with van der Waals surface area (Å²) in [7, 11) is 4.21. The summed E-state index contributed by atoms with van der Waals surface area (Å²) in [6.45, 7) is 0.925. The van der Waals surface area contributed by atoms with Crippen LogP contribution in [0, 0.1) is 0 Å². The van der Waals surface area contributed by atoms with E-state index in [9.17, 15) is 18.0 Å². The van der Waals surface area contributed by atoms with Crippen LogP contribution in [0.4, 0.5) is 5.69 Å². The van der Waals surface area contributed by atoms with E-state index in [1.54, 1.807) is 44.4 Å². The summed E-state index contributed by atoms with van der Waals surface area (Å²) in [5.41, 5.74) is 0.764. The first-order valence-electron chi connectivity index (χ1n) is 13.1. The molecule has 0 unspecified atom stereocenters. The first-order valence-corrected chi connectivity index (χ1v) is 14.6. The maximum atomic E-state index is 14.3. The highest BCUT2D eigenvalue weighted by Crippen LogP contribution is 2.37. The van der Waals surface area contributed by atoms with E-state index >= 15 is 0 Å². The molecule has 13 heteroatoms. The summed E-state index contributed by atoms with van der Waals surface area (Å²) < 4.78 is 56.2. The number of ether oxygens (including phenoxy) is 5. The zero-order valence-corrected chi connectivity index (χ0v) is 26.1. The van der Waals surface area contributed by atoms with Gasteiger partial charge in [-0.25, -0.2) is 8.42 Å². The zero-order valence-electron chi connectivity index (χ0n) is 25.2. The number of nitrogens with one attached hydrogen (secondary N) is 1. The van der Waals surface area contributed by atoms with Crippen molar-refractivity contribution >= 4 is 27.5 Å². The van der Waals surface area contributed by atoms with Crippen molar-refractivity contribution in [2.24, 2.45) is 0 Å². The molecule has 2 amide bonds. The van der Waals surface area contributed by atoms with Crippen molar-refractivity contribution in [3.8, 4) is 28.7 Å². The SMILES string of the molecule is CNC(=O)[C@H](C)N(Cc1ccc(OC)cc1)C(=O)CN(c1cc(OC)ccc1OC)S(=O)(=O)c1ccc(OC)c(OC)c1. The Balaban J connectivity index is 2.16. The molecule has 0 bridgehead atoms. The predicted octanol–water partition coefficient (Wildman–Crippen LogP) is 3.09. The number of carbonyl (C=O) groups is 2. The Hall–Kier alpha value is -4.65. The summed E-state index contributed by atoms with van der Waals surface area (Å²) in [6.07, 6.45) is 0. The van der Waals surface area contributed by atoms with Crippen molar-refractivity contribution in [1.82, 2.24) is 10.2 Å². The topological polar surface area (TPSA) is 133 Å². The molecule has 43 heavy (non-hydrogen) atoms. The smallest absolute Gasteiger partial charge is 0.265 e. The molecule has 232 valence electrons. The van der Waals surface area contributed by atoms with Gasteiger partial charge < -0.3 is 33.9 Å². The summed E-state index contributed by atoms with van der Waals surface area (Å²) in [5.74, 6) is 0.590. The number of amides is 2. The molecule has 0 aliphatic rings. The van der Waals surface area contributed by atoms with Crippen molar-refractivity contribution in [2.75, 3.05) is 53.4 Å². The van der Waals surface area contributed by atoms with E-state index in [-0.39, 0.29) is 28.6 Å². The summed E-state index contributed by atoms with van der Waals surface area (Å²) in [6, 6.07) is 14.8. The number of hydrogen-bond acceptors (Lipinski definition) is 9. The van der Waals surface area contributed by atoms with E-state index in [2.05, 4.69) is 5.32 Å². The number of sulfonamides is 1. The van der Waals surface area contributed by atoms with Gasteiger partial charge >= 0.3 is 0 Å². The number of rotatable bonds is 14. The second-order valence-corrected chi connectivity index (χ2v) is 11.1. The molecule has 1 N–H and O–H groups in total. The van der Waals surface area contributed by atoms with E-state index in [4.69, 9.17) is 23.7 Å². The number of carbonyl (C=O) groups excluding carboxylic acids is 2. The molecule has 0 spiro atoms. The van der Waals surface area contributed by atoms with E-state index < -0.39 is 34.4 Å². The third kappa shape index (κ3) is 7.41. The van der Waals surface area contributed by atoms with E-state index in [0.717, 1.165) is 4.31 Å². The second kappa shape index (κ2) is 14.5. The number of likely N-dealkylation sites (N-methyl/N-ethyl adjacent to an activating group) is 1. The van der Waals surface area contributed by atoms with Gasteiger partial charge in [0.15, 0.2) is 11.5 Å². The van der Waals surface area contributed by atoms with Crippen LogP contribution in [0.15, 0.2) is 65.6 Å². The largest absolute Gasteiger partial charge is 0.497 e. The quantitative estimate of drug-likeness (QED) is 0.291. The van der Waals surface area contributed by atoms with Crippen LogP contribution in [0.5, 0.6) is 28.7 Å². The Morgan fingerprint density at radius 2 is 1.35 bits per heavy atom. The normalized spacial score (nSPS) is 11.6. The van der Waals surface area contributed by atoms with Gasteiger partial charge in [-0.3, -0.25) is 13.9 Å². The van der Waals surface area contributed by atoms with Gasteiger partial charge in [0, 0.05) is 25.7 Å². The van der Waals surface area contributed by atoms with Gasteiger partial charge in [-0.15, -0.1) is 0 Å². The van der Waals surface area contributed by atoms with Gasteiger partial charge in [0.25, 0.3) is 10.0 Å². The Kier molecular flexibility index (Phi) is 11.1. The summed E-state index contributed by atoms with van der Waals surface area (Å²) in [5, 5.41) is 2.56. The van der Waals surface area contributed by atoms with Crippen molar-refractivity contribution in [3.05, 3.63) is 66.2 Å². The van der Waals surface area contributed by atoms with Crippen molar-refractivity contribution in [1.29, 1.82) is 0 Å². The fourth-order valence-electron chi connectivity index (χ4n) is 4.33. The molecule has 0 aromatic heterocycles. The van der Waals surface area contributed by atoms with Crippen LogP contribution < -0.4 is 33.3 Å². The minimum Gasteiger partial charge on any atom is -0.497 e. The fraction of sp³-hybridized carbons (Fsp3) is 0.333. The van der Waals surface area contributed by atoms with Crippen molar-refractivity contribution in [3.63, 3.8) is 0 Å². The average molecular weight is 616 g/mol. The van der Waals surface area contributed by atoms with Crippen LogP contribution in [0.25, 0.3) is 0 Å². The van der Waals surface area contributed by atoms with Gasteiger partial charge in [-0.1, -0.05) is 12.1 Å². The van der Waals surface area contributed by atoms with Crippen LogP contribution >= 0.6 is 0 Å². The maximum Gasteiger partial charge on any atom is 0.265 e. The van der Waals surface area contributed by atoms with Crippen LogP contribution in [0.2, 0.25) is 0 Å². The molecule has 3 aromatic carbocycles. The fourth-order valence-corrected chi connectivity index (χ4v) is 5.76. The monoisotopic (exact) mass is 615 g/mol. The molecule has 0 saturated carbocycles. The highest BCUT2D eigenvalue weighted by atomic mass is 32.2. The second-order valence-electron chi connectivity index (χ2n) is 9.23. The molecule has 1 atom stereocenters. The molecule has 0 aliphatic carbocycles. The molecular weight excluding hydrogens is 578 g/mol. The van der Waals surface area contributed by atoms with Gasteiger partial charge in [-0.05, 0) is 48.9 Å². The van der Waals surface area contributed by atoms with E-state index in [0.29, 0.717) is 22.8 Å². The van der Waals surface area contributed by atoms with E-state index in [1.807, 2.05) is 0 Å². The van der Waals surface area contributed by atoms with Gasteiger partial charge in [0.05, 0.1) is 46.1 Å². The molecule has 0 radical (unpaired) electrons. The number of benzene rings is 3. The lowest BCUT2D eigenvalue weighted by molar-refractivity contribution is -0.139. The standard InChI is InChI=1S/C30H37N3O9S/c1-20(30(35)31-2)32(18-21-8-10-22(38-3)11-9-21)29(34)19-33(25-16-23(39-4)12-14-26(25)40-5)43(36,37)24-13-15-27(41-6)28(17-24)42-7/h8-17,20H,18-19H2,1-7H3,(H,31,35)/t20-/m0/s1. The maximum absolute atomic E-state index is 14.3. The number of nitrogens with zero attached hydrogens (tertiary/aromatic N) is 2. The molecule has 0 saturated heterocycles. The first kappa shape index (κ1) is 32.9. The molecule has 3 rings (SSSR count). The lowest BCUT2D eigenvalue weighted by Gasteiger charge is -2.32. The predicted molar refractivity (Wildman–Crippen MR) is 161 cm³/mol. The molecule has 0 fully saturated rings. The van der Waals surface area contributed by atoms with Crippen LogP contribution in [-0.4, -0.2) is 80.3 Å². The Morgan fingerprint density at radius 1 is 0.767 bits per heavy atom. The van der Waals surface area contributed by atoms with Crippen LogP contribution in [-0.2, 0) is 26.2 Å². The minimum absolute atomic E-state index is 0.0247. The molecule has 0 heterocycles. The number of methoxy groups -OCH3 is 5. The molecular formula is C30H37N3O9S. The molecule has 0 aliphatic heterocycles. The summed E-state index contributed by atoms with van der Waals surface area (Å²) in [4.78, 5) is 27.9. The Labute approximate surface area is 252 Å².